The number of benzene rings is 2. The van der Waals surface area contributed by atoms with Gasteiger partial charge >= 0.3 is 0 Å². The monoisotopic (exact) mass is 425 g/mol. The Kier molecular flexibility index (Phi) is 5.26. The third kappa shape index (κ3) is 3.66. The van der Waals surface area contributed by atoms with Crippen LogP contribution in [0.5, 0.6) is 5.75 Å². The Hall–Kier alpha value is -3.26. The van der Waals surface area contributed by atoms with Gasteiger partial charge in [0.05, 0.1) is 12.8 Å². The fourth-order valence-electron chi connectivity index (χ4n) is 3.64. The molecule has 0 fully saturated rings. The Balaban J connectivity index is 1.53. The van der Waals surface area contributed by atoms with Crippen molar-refractivity contribution in [3.63, 3.8) is 0 Å². The Morgan fingerprint density at radius 3 is 2.73 bits per heavy atom. The van der Waals surface area contributed by atoms with Gasteiger partial charge in [-0.15, -0.1) is 0 Å². The molecule has 1 amide bonds. The highest BCUT2D eigenvalue weighted by Crippen LogP contribution is 2.33. The summed E-state index contributed by atoms with van der Waals surface area (Å²) in [6, 6.07) is 16.3. The zero-order valence-corrected chi connectivity index (χ0v) is 17.6. The number of ether oxygens (including phenoxy) is 1. The van der Waals surface area contributed by atoms with Gasteiger partial charge in [0.15, 0.2) is 0 Å². The Labute approximate surface area is 175 Å². The van der Waals surface area contributed by atoms with Crippen LogP contribution in [0.3, 0.4) is 0 Å². The molecule has 0 bridgehead atoms. The third-order valence-electron chi connectivity index (χ3n) is 5.23. The predicted octanol–water partition coefficient (Wildman–Crippen LogP) is 2.72. The van der Waals surface area contributed by atoms with Crippen LogP contribution >= 0.6 is 0 Å². The molecule has 2 aromatic carbocycles. The van der Waals surface area contributed by atoms with Crippen molar-refractivity contribution >= 4 is 21.6 Å². The van der Waals surface area contributed by atoms with Crippen molar-refractivity contribution < 1.29 is 17.9 Å². The number of carbonyl (C=O) groups is 1. The van der Waals surface area contributed by atoms with Gasteiger partial charge < -0.3 is 14.6 Å². The molecule has 4 rings (SSSR count). The van der Waals surface area contributed by atoms with E-state index in [-0.39, 0.29) is 16.5 Å². The molecule has 0 spiro atoms. The van der Waals surface area contributed by atoms with Gasteiger partial charge in [-0.25, -0.2) is 8.42 Å². The zero-order valence-electron chi connectivity index (χ0n) is 16.8. The van der Waals surface area contributed by atoms with E-state index in [0.717, 1.165) is 11.1 Å². The van der Waals surface area contributed by atoms with Crippen LogP contribution in [-0.4, -0.2) is 32.5 Å². The number of amides is 1. The lowest BCUT2D eigenvalue weighted by Gasteiger charge is -2.18. The maximum atomic E-state index is 13.2. The number of para-hydroxylation sites is 1. The molecule has 1 aliphatic rings. The van der Waals surface area contributed by atoms with Crippen LogP contribution in [0, 0.1) is 0 Å². The molecule has 3 aromatic rings. The number of rotatable bonds is 6. The summed E-state index contributed by atoms with van der Waals surface area (Å²) in [5.74, 6) is 0.364. The summed E-state index contributed by atoms with van der Waals surface area (Å²) >= 11 is 0. The van der Waals surface area contributed by atoms with Gasteiger partial charge in [0.2, 0.25) is 0 Å². The number of carbonyl (C=O) groups excluding carboxylic acids is 1. The van der Waals surface area contributed by atoms with Gasteiger partial charge in [-0.3, -0.25) is 9.10 Å². The fourth-order valence-corrected chi connectivity index (χ4v) is 5.22. The van der Waals surface area contributed by atoms with Crippen molar-refractivity contribution in [3.05, 3.63) is 77.6 Å². The van der Waals surface area contributed by atoms with Crippen LogP contribution in [0.2, 0.25) is 0 Å². The van der Waals surface area contributed by atoms with E-state index in [1.807, 2.05) is 48.5 Å². The number of methoxy groups -OCH3 is 1. The molecule has 0 aliphatic carbocycles. The molecule has 0 atom stereocenters. The predicted molar refractivity (Wildman–Crippen MR) is 114 cm³/mol. The number of aromatic nitrogens is 1. The lowest BCUT2D eigenvalue weighted by atomic mass is 10.2. The maximum Gasteiger partial charge on any atom is 0.268 e. The van der Waals surface area contributed by atoms with Crippen molar-refractivity contribution in [2.45, 2.75) is 17.9 Å². The molecule has 1 aromatic heterocycles. The van der Waals surface area contributed by atoms with Crippen LogP contribution in [0.4, 0.5) is 5.69 Å². The zero-order chi connectivity index (χ0) is 21.3. The van der Waals surface area contributed by atoms with Gasteiger partial charge in [-0.05, 0) is 41.8 Å². The molecule has 2 heterocycles. The van der Waals surface area contributed by atoms with Crippen LogP contribution in [0.25, 0.3) is 0 Å². The van der Waals surface area contributed by atoms with Crippen molar-refractivity contribution in [3.8, 4) is 5.75 Å². The number of aryl methyl sites for hydroxylation is 1. The van der Waals surface area contributed by atoms with Crippen LogP contribution in [0.15, 0.2) is 65.7 Å². The fraction of sp³-hybridized carbons (Fsp3) is 0.227. The first-order valence-electron chi connectivity index (χ1n) is 9.58. The lowest BCUT2D eigenvalue weighted by Crippen LogP contribution is -2.28. The summed E-state index contributed by atoms with van der Waals surface area (Å²) < 4.78 is 34.5. The van der Waals surface area contributed by atoms with E-state index in [0.29, 0.717) is 30.9 Å². The average Bonchev–Trinajstić information content (AvgIpc) is 3.36. The van der Waals surface area contributed by atoms with E-state index in [1.54, 1.807) is 14.2 Å². The topological polar surface area (TPSA) is 80.6 Å². The summed E-state index contributed by atoms with van der Waals surface area (Å²) in [7, 11) is -0.498. The van der Waals surface area contributed by atoms with Gasteiger partial charge in [-0.2, -0.15) is 0 Å². The molecule has 0 saturated heterocycles. The summed E-state index contributed by atoms with van der Waals surface area (Å²) in [6.07, 6.45) is 2.16. The van der Waals surface area contributed by atoms with E-state index < -0.39 is 10.0 Å². The quantitative estimate of drug-likeness (QED) is 0.659. The van der Waals surface area contributed by atoms with Crippen molar-refractivity contribution in [1.29, 1.82) is 0 Å². The first-order valence-corrected chi connectivity index (χ1v) is 11.0. The molecule has 7 nitrogen and oxygen atoms in total. The van der Waals surface area contributed by atoms with Crippen LogP contribution < -0.4 is 14.4 Å². The van der Waals surface area contributed by atoms with E-state index in [4.69, 9.17) is 4.74 Å². The number of anilines is 1. The molecule has 0 saturated carbocycles. The largest absolute Gasteiger partial charge is 0.497 e. The van der Waals surface area contributed by atoms with Crippen LogP contribution in [0.1, 0.15) is 21.6 Å². The molecule has 1 N–H and O–H groups in total. The Morgan fingerprint density at radius 2 is 1.93 bits per heavy atom. The highest BCUT2D eigenvalue weighted by atomic mass is 32.2. The molecule has 1 aliphatic heterocycles. The van der Waals surface area contributed by atoms with Crippen LogP contribution in [-0.2, 0) is 30.0 Å². The number of fused-ring (bicyclic) bond motifs is 1. The number of sulfonamides is 1. The minimum atomic E-state index is -3.75. The first-order chi connectivity index (χ1) is 14.4. The van der Waals surface area contributed by atoms with E-state index in [9.17, 15) is 13.2 Å². The second-order valence-electron chi connectivity index (χ2n) is 7.16. The van der Waals surface area contributed by atoms with Crippen molar-refractivity contribution in [2.75, 3.05) is 18.0 Å². The molecular weight excluding hydrogens is 402 g/mol. The number of hydrogen-bond acceptors (Lipinski definition) is 4. The van der Waals surface area contributed by atoms with Gasteiger partial charge in [0, 0.05) is 26.3 Å². The summed E-state index contributed by atoms with van der Waals surface area (Å²) in [6.45, 7) is 0.705. The van der Waals surface area contributed by atoms with Gasteiger partial charge in [-0.1, -0.05) is 30.3 Å². The minimum absolute atomic E-state index is 0.105. The van der Waals surface area contributed by atoms with Gasteiger partial charge in [0.1, 0.15) is 16.3 Å². The van der Waals surface area contributed by atoms with E-state index in [1.165, 1.54) is 21.1 Å². The summed E-state index contributed by atoms with van der Waals surface area (Å²) in [4.78, 5) is 12.8. The first kappa shape index (κ1) is 20.0. The third-order valence-corrected chi connectivity index (χ3v) is 7.01. The highest BCUT2D eigenvalue weighted by Gasteiger charge is 2.32. The second-order valence-corrected chi connectivity index (χ2v) is 9.02. The summed E-state index contributed by atoms with van der Waals surface area (Å²) in [5.41, 5.74) is 2.88. The van der Waals surface area contributed by atoms with Crippen molar-refractivity contribution in [2.24, 2.45) is 7.05 Å². The standard InChI is InChI=1S/C22H23N3O4S/c1-24-15-19(30(27,28)25-11-10-17-7-3-4-9-20(17)25)13-21(24)22(26)23-14-16-6-5-8-18(12-16)29-2/h3-9,12-13,15H,10-11,14H2,1-2H3,(H,23,26). The second kappa shape index (κ2) is 7.87. The average molecular weight is 426 g/mol. The number of hydrogen-bond donors (Lipinski definition) is 1. The van der Waals surface area contributed by atoms with E-state index in [2.05, 4.69) is 5.32 Å². The number of nitrogens with zero attached hydrogens (tertiary/aromatic N) is 2. The van der Waals surface area contributed by atoms with Crippen molar-refractivity contribution in [1.82, 2.24) is 9.88 Å². The molecule has 30 heavy (non-hydrogen) atoms. The molecule has 8 heteroatoms. The minimum Gasteiger partial charge on any atom is -0.497 e. The molecular formula is C22H23N3O4S. The Bertz CT molecular complexity index is 1200. The summed E-state index contributed by atoms with van der Waals surface area (Å²) in [5, 5.41) is 2.83. The molecule has 0 unspecified atom stereocenters. The molecule has 0 radical (unpaired) electrons. The van der Waals surface area contributed by atoms with Gasteiger partial charge in [0.25, 0.3) is 15.9 Å². The normalized spacial score (nSPS) is 13.2. The smallest absolute Gasteiger partial charge is 0.268 e. The van der Waals surface area contributed by atoms with E-state index >= 15 is 0 Å². The SMILES string of the molecule is COc1cccc(CNC(=O)c2cc(S(=O)(=O)N3CCc4ccccc43)cn2C)c1. The highest BCUT2D eigenvalue weighted by molar-refractivity contribution is 7.92. The maximum absolute atomic E-state index is 13.2. The number of nitrogens with one attached hydrogen (secondary N) is 1. The lowest BCUT2D eigenvalue weighted by molar-refractivity contribution is 0.0942. The Morgan fingerprint density at radius 1 is 1.13 bits per heavy atom. The molecule has 156 valence electrons.